The molecule has 1 saturated heterocycles. The van der Waals surface area contributed by atoms with Gasteiger partial charge in [0.25, 0.3) is 0 Å². The summed E-state index contributed by atoms with van der Waals surface area (Å²) in [4.78, 5) is 16.5. The molecule has 4 nitrogen and oxygen atoms in total. The predicted octanol–water partition coefficient (Wildman–Crippen LogP) is 2.78. The van der Waals surface area contributed by atoms with Crippen LogP contribution in [0.3, 0.4) is 0 Å². The summed E-state index contributed by atoms with van der Waals surface area (Å²) in [6.45, 7) is 7.03. The number of piperidine rings is 1. The van der Waals surface area contributed by atoms with Gasteiger partial charge >= 0.3 is 0 Å². The summed E-state index contributed by atoms with van der Waals surface area (Å²) in [7, 11) is 1.93. The summed E-state index contributed by atoms with van der Waals surface area (Å²) in [5, 5.41) is 0. The van der Waals surface area contributed by atoms with E-state index in [4.69, 9.17) is 4.74 Å². The molecule has 1 fully saturated rings. The van der Waals surface area contributed by atoms with E-state index in [2.05, 4.69) is 6.92 Å². The molecule has 1 aliphatic rings. The Morgan fingerprint density at radius 2 is 1.96 bits per heavy atom. The van der Waals surface area contributed by atoms with E-state index in [9.17, 15) is 9.18 Å². The number of hydrogen-bond donors (Lipinski definition) is 0. The van der Waals surface area contributed by atoms with Crippen molar-refractivity contribution >= 4 is 5.91 Å². The van der Waals surface area contributed by atoms with Crippen molar-refractivity contribution in [2.24, 2.45) is 5.92 Å². The molecule has 1 amide bonds. The summed E-state index contributed by atoms with van der Waals surface area (Å²) in [5.41, 5.74) is 0. The van der Waals surface area contributed by atoms with Crippen molar-refractivity contribution in [2.75, 3.05) is 33.3 Å². The van der Waals surface area contributed by atoms with Gasteiger partial charge in [-0.2, -0.15) is 0 Å². The fourth-order valence-electron chi connectivity index (χ4n) is 2.71. The van der Waals surface area contributed by atoms with Gasteiger partial charge in [-0.25, -0.2) is 4.39 Å². The average molecular weight is 322 g/mol. The number of ether oxygens (including phenoxy) is 1. The molecule has 2 rings (SSSR count). The number of likely N-dealkylation sites (tertiary alicyclic amines) is 1. The van der Waals surface area contributed by atoms with Gasteiger partial charge in [-0.3, -0.25) is 9.69 Å². The lowest BCUT2D eigenvalue weighted by molar-refractivity contribution is -0.137. The van der Waals surface area contributed by atoms with Crippen LogP contribution in [0.1, 0.15) is 26.7 Å². The van der Waals surface area contributed by atoms with Gasteiger partial charge < -0.3 is 9.64 Å². The van der Waals surface area contributed by atoms with Crippen LogP contribution in [0.5, 0.6) is 5.75 Å². The van der Waals surface area contributed by atoms with E-state index < -0.39 is 0 Å². The second kappa shape index (κ2) is 8.29. The summed E-state index contributed by atoms with van der Waals surface area (Å²) >= 11 is 0. The van der Waals surface area contributed by atoms with E-state index in [-0.39, 0.29) is 17.8 Å². The van der Waals surface area contributed by atoms with Gasteiger partial charge in [-0.05, 0) is 57.0 Å². The monoisotopic (exact) mass is 322 g/mol. The van der Waals surface area contributed by atoms with Crippen LogP contribution in [0.25, 0.3) is 0 Å². The zero-order valence-corrected chi connectivity index (χ0v) is 14.3. The molecule has 23 heavy (non-hydrogen) atoms. The summed E-state index contributed by atoms with van der Waals surface area (Å²) < 4.78 is 18.4. The standard InChI is InChI=1S/C18H27FN2O2/c1-14-8-10-21(11-9-14)18(22)15(2)20(3)12-13-23-17-6-4-16(19)5-7-17/h4-7,14-15H,8-13H2,1-3H3. The molecule has 0 aromatic heterocycles. The molecule has 5 heteroatoms. The Bertz CT molecular complexity index is 498. The highest BCUT2D eigenvalue weighted by molar-refractivity contribution is 5.81. The van der Waals surface area contributed by atoms with Crippen molar-refractivity contribution in [3.05, 3.63) is 30.1 Å². The molecule has 128 valence electrons. The highest BCUT2D eigenvalue weighted by Crippen LogP contribution is 2.17. The predicted molar refractivity (Wildman–Crippen MR) is 89.0 cm³/mol. The Labute approximate surface area is 138 Å². The van der Waals surface area contributed by atoms with Crippen LogP contribution in [-0.2, 0) is 4.79 Å². The molecule has 1 heterocycles. The average Bonchev–Trinajstić information content (AvgIpc) is 2.56. The minimum absolute atomic E-state index is 0.153. The Hall–Kier alpha value is -1.62. The minimum atomic E-state index is -0.274. The van der Waals surface area contributed by atoms with Crippen molar-refractivity contribution < 1.29 is 13.9 Å². The lowest BCUT2D eigenvalue weighted by Crippen LogP contribution is -2.49. The topological polar surface area (TPSA) is 32.8 Å². The molecule has 0 saturated carbocycles. The SMILES string of the molecule is CC1CCN(C(=O)C(C)N(C)CCOc2ccc(F)cc2)CC1. The minimum Gasteiger partial charge on any atom is -0.492 e. The number of rotatable bonds is 6. The molecule has 0 radical (unpaired) electrons. The molecule has 0 N–H and O–H groups in total. The van der Waals surface area contributed by atoms with Gasteiger partial charge in [0.15, 0.2) is 0 Å². The molecular weight excluding hydrogens is 295 g/mol. The number of carbonyl (C=O) groups excluding carboxylic acids is 1. The third-order valence-corrected chi connectivity index (χ3v) is 4.64. The summed E-state index contributed by atoms with van der Waals surface area (Å²) in [6.07, 6.45) is 2.19. The maximum Gasteiger partial charge on any atom is 0.239 e. The van der Waals surface area contributed by atoms with Crippen LogP contribution in [0.2, 0.25) is 0 Å². The zero-order chi connectivity index (χ0) is 16.8. The number of nitrogens with zero attached hydrogens (tertiary/aromatic N) is 2. The van der Waals surface area contributed by atoms with Crippen molar-refractivity contribution in [3.8, 4) is 5.75 Å². The smallest absolute Gasteiger partial charge is 0.239 e. The van der Waals surface area contributed by atoms with E-state index in [1.807, 2.05) is 23.8 Å². The first-order valence-corrected chi connectivity index (χ1v) is 8.34. The zero-order valence-electron chi connectivity index (χ0n) is 14.3. The third kappa shape index (κ3) is 5.20. The lowest BCUT2D eigenvalue weighted by atomic mass is 9.99. The quantitative estimate of drug-likeness (QED) is 0.807. The highest BCUT2D eigenvalue weighted by atomic mass is 19.1. The van der Waals surface area contributed by atoms with Crippen LogP contribution in [0, 0.1) is 11.7 Å². The first kappa shape index (κ1) is 17.7. The van der Waals surface area contributed by atoms with Crippen molar-refractivity contribution in [1.29, 1.82) is 0 Å². The number of hydrogen-bond acceptors (Lipinski definition) is 3. The fraction of sp³-hybridized carbons (Fsp3) is 0.611. The Kier molecular flexibility index (Phi) is 6.39. The first-order valence-electron chi connectivity index (χ1n) is 8.34. The Morgan fingerprint density at radius 1 is 1.35 bits per heavy atom. The normalized spacial score (nSPS) is 17.3. The van der Waals surface area contributed by atoms with E-state index in [0.717, 1.165) is 31.8 Å². The number of amides is 1. The van der Waals surface area contributed by atoms with Gasteiger partial charge in [0.1, 0.15) is 18.2 Å². The number of likely N-dealkylation sites (N-methyl/N-ethyl adjacent to an activating group) is 1. The Morgan fingerprint density at radius 3 is 2.57 bits per heavy atom. The second-order valence-electron chi connectivity index (χ2n) is 6.47. The molecular formula is C18H27FN2O2. The highest BCUT2D eigenvalue weighted by Gasteiger charge is 2.26. The summed E-state index contributed by atoms with van der Waals surface area (Å²) in [6, 6.07) is 5.82. The molecule has 1 aliphatic heterocycles. The van der Waals surface area contributed by atoms with Gasteiger partial charge in [-0.15, -0.1) is 0 Å². The van der Waals surface area contributed by atoms with Crippen LogP contribution in [-0.4, -0.2) is 55.0 Å². The lowest BCUT2D eigenvalue weighted by Gasteiger charge is -2.34. The van der Waals surface area contributed by atoms with Crippen LogP contribution in [0.4, 0.5) is 4.39 Å². The molecule has 1 atom stereocenters. The molecule has 1 aromatic rings. The van der Waals surface area contributed by atoms with Crippen molar-refractivity contribution in [2.45, 2.75) is 32.7 Å². The van der Waals surface area contributed by atoms with Crippen LogP contribution in [0.15, 0.2) is 24.3 Å². The van der Waals surface area contributed by atoms with Crippen LogP contribution < -0.4 is 4.74 Å². The van der Waals surface area contributed by atoms with E-state index in [1.165, 1.54) is 12.1 Å². The van der Waals surface area contributed by atoms with Gasteiger partial charge in [0.2, 0.25) is 5.91 Å². The molecule has 1 unspecified atom stereocenters. The molecule has 0 bridgehead atoms. The molecule has 0 spiro atoms. The van der Waals surface area contributed by atoms with Crippen molar-refractivity contribution in [3.63, 3.8) is 0 Å². The maximum atomic E-state index is 12.8. The van der Waals surface area contributed by atoms with Gasteiger partial charge in [-0.1, -0.05) is 6.92 Å². The number of halogens is 1. The number of benzene rings is 1. The molecule has 0 aliphatic carbocycles. The third-order valence-electron chi connectivity index (χ3n) is 4.64. The summed E-state index contributed by atoms with van der Waals surface area (Å²) in [5.74, 6) is 1.28. The van der Waals surface area contributed by atoms with Crippen molar-refractivity contribution in [1.82, 2.24) is 9.80 Å². The largest absolute Gasteiger partial charge is 0.492 e. The van der Waals surface area contributed by atoms with E-state index in [0.29, 0.717) is 18.9 Å². The first-order chi connectivity index (χ1) is 11.0. The Balaban J connectivity index is 1.74. The maximum absolute atomic E-state index is 12.8. The fourth-order valence-corrected chi connectivity index (χ4v) is 2.71. The van der Waals surface area contributed by atoms with Gasteiger partial charge in [0.05, 0.1) is 6.04 Å². The van der Waals surface area contributed by atoms with E-state index >= 15 is 0 Å². The van der Waals surface area contributed by atoms with Crippen LogP contribution >= 0.6 is 0 Å². The number of carbonyl (C=O) groups is 1. The second-order valence-corrected chi connectivity index (χ2v) is 6.47. The van der Waals surface area contributed by atoms with E-state index in [1.54, 1.807) is 12.1 Å². The molecule has 1 aromatic carbocycles. The van der Waals surface area contributed by atoms with Gasteiger partial charge in [0, 0.05) is 19.6 Å².